The van der Waals surface area contributed by atoms with Crippen LogP contribution in [-0.4, -0.2) is 36.7 Å². The van der Waals surface area contributed by atoms with Crippen LogP contribution in [0, 0.1) is 5.82 Å². The molecule has 0 atom stereocenters. The van der Waals surface area contributed by atoms with E-state index < -0.39 is 0 Å². The number of nitrogens with zero attached hydrogens (tertiary/aromatic N) is 1. The van der Waals surface area contributed by atoms with E-state index in [1.807, 2.05) is 11.0 Å². The maximum absolute atomic E-state index is 13.2. The number of ether oxygens (including phenoxy) is 1. The third-order valence-corrected chi connectivity index (χ3v) is 5.93. The topological polar surface area (TPSA) is 41.6 Å². The predicted octanol–water partition coefficient (Wildman–Crippen LogP) is 4.25. The van der Waals surface area contributed by atoms with Gasteiger partial charge in [-0.05, 0) is 48.9 Å². The van der Waals surface area contributed by atoms with Crippen molar-refractivity contribution in [3.05, 3.63) is 71.5 Å². The summed E-state index contributed by atoms with van der Waals surface area (Å²) < 4.78 is 18.8. The molecule has 2 aliphatic rings. The van der Waals surface area contributed by atoms with Gasteiger partial charge in [0.25, 0.3) is 0 Å². The number of rotatable bonds is 6. The summed E-state index contributed by atoms with van der Waals surface area (Å²) in [7, 11) is 0. The SMILES string of the molecule is O=C(NCC1(c2ccccc2)CCOCC1)N(Cc1ccc(F)cc1)C1CC1. The fourth-order valence-electron chi connectivity index (χ4n) is 4.01. The zero-order valence-corrected chi connectivity index (χ0v) is 16.1. The van der Waals surface area contributed by atoms with E-state index in [-0.39, 0.29) is 23.3 Å². The molecule has 2 aromatic rings. The van der Waals surface area contributed by atoms with E-state index in [0.717, 1.165) is 31.2 Å². The number of halogens is 1. The van der Waals surface area contributed by atoms with Crippen LogP contribution in [0.25, 0.3) is 0 Å². The van der Waals surface area contributed by atoms with Crippen LogP contribution in [0.5, 0.6) is 0 Å². The standard InChI is InChI=1S/C23H27FN2O2/c24-20-8-6-18(7-9-20)16-26(21-10-11-21)22(27)25-17-23(12-14-28-15-13-23)19-4-2-1-3-5-19/h1-9,21H,10-17H2,(H,25,27). The Kier molecular flexibility index (Phi) is 5.62. The van der Waals surface area contributed by atoms with Gasteiger partial charge < -0.3 is 15.0 Å². The van der Waals surface area contributed by atoms with Crippen LogP contribution in [0.4, 0.5) is 9.18 Å². The Balaban J connectivity index is 1.45. The van der Waals surface area contributed by atoms with Gasteiger partial charge in [0.1, 0.15) is 5.82 Å². The molecule has 0 radical (unpaired) electrons. The van der Waals surface area contributed by atoms with Crippen molar-refractivity contribution in [1.82, 2.24) is 10.2 Å². The first-order chi connectivity index (χ1) is 13.7. The maximum Gasteiger partial charge on any atom is 0.317 e. The molecule has 1 saturated carbocycles. The van der Waals surface area contributed by atoms with Gasteiger partial charge in [0.15, 0.2) is 0 Å². The predicted molar refractivity (Wildman–Crippen MR) is 107 cm³/mol. The molecule has 28 heavy (non-hydrogen) atoms. The first-order valence-electron chi connectivity index (χ1n) is 10.1. The second kappa shape index (κ2) is 8.31. The van der Waals surface area contributed by atoms with Gasteiger partial charge in [-0.2, -0.15) is 0 Å². The molecule has 1 aliphatic heterocycles. The van der Waals surface area contributed by atoms with Gasteiger partial charge in [-0.25, -0.2) is 9.18 Å². The van der Waals surface area contributed by atoms with E-state index in [2.05, 4.69) is 29.6 Å². The third kappa shape index (κ3) is 4.36. The highest BCUT2D eigenvalue weighted by molar-refractivity contribution is 5.75. The number of benzene rings is 2. The van der Waals surface area contributed by atoms with Gasteiger partial charge in [0.2, 0.25) is 0 Å². The Morgan fingerprint density at radius 1 is 1.07 bits per heavy atom. The highest BCUT2D eigenvalue weighted by Gasteiger charge is 2.37. The van der Waals surface area contributed by atoms with Gasteiger partial charge >= 0.3 is 6.03 Å². The first-order valence-corrected chi connectivity index (χ1v) is 10.1. The lowest BCUT2D eigenvalue weighted by molar-refractivity contribution is 0.0500. The van der Waals surface area contributed by atoms with Crippen LogP contribution in [-0.2, 0) is 16.7 Å². The molecule has 0 spiro atoms. The first kappa shape index (κ1) is 18.9. The van der Waals surface area contributed by atoms with Crippen LogP contribution in [0.15, 0.2) is 54.6 Å². The maximum atomic E-state index is 13.2. The number of hydrogen-bond acceptors (Lipinski definition) is 2. The number of carbonyl (C=O) groups excluding carboxylic acids is 1. The molecule has 148 valence electrons. The normalized spacial score (nSPS) is 18.5. The highest BCUT2D eigenvalue weighted by Crippen LogP contribution is 2.34. The van der Waals surface area contributed by atoms with Crippen LogP contribution < -0.4 is 5.32 Å². The summed E-state index contributed by atoms with van der Waals surface area (Å²) in [5.41, 5.74) is 2.13. The van der Waals surface area contributed by atoms with Crippen molar-refractivity contribution in [2.45, 2.75) is 43.7 Å². The summed E-state index contributed by atoms with van der Waals surface area (Å²) in [6, 6.07) is 17.1. The lowest BCUT2D eigenvalue weighted by Gasteiger charge is -2.38. The fourth-order valence-corrected chi connectivity index (χ4v) is 4.01. The second-order valence-electron chi connectivity index (χ2n) is 7.90. The summed E-state index contributed by atoms with van der Waals surface area (Å²) in [6.07, 6.45) is 3.87. The Bertz CT molecular complexity index is 784. The largest absolute Gasteiger partial charge is 0.381 e. The van der Waals surface area contributed by atoms with Crippen molar-refractivity contribution >= 4 is 6.03 Å². The quantitative estimate of drug-likeness (QED) is 0.812. The minimum absolute atomic E-state index is 0.0337. The van der Waals surface area contributed by atoms with Crippen LogP contribution in [0.2, 0.25) is 0 Å². The molecule has 5 heteroatoms. The average molecular weight is 382 g/mol. The lowest BCUT2D eigenvalue weighted by atomic mass is 9.74. The number of urea groups is 1. The number of amides is 2. The van der Waals surface area contributed by atoms with E-state index in [9.17, 15) is 9.18 Å². The Hall–Kier alpha value is -2.40. The summed E-state index contributed by atoms with van der Waals surface area (Å²) in [6.45, 7) is 2.55. The molecule has 1 heterocycles. The minimum Gasteiger partial charge on any atom is -0.381 e. The van der Waals surface area contributed by atoms with Crippen molar-refractivity contribution in [2.75, 3.05) is 19.8 Å². The van der Waals surface area contributed by atoms with Crippen molar-refractivity contribution in [3.63, 3.8) is 0 Å². The van der Waals surface area contributed by atoms with Crippen LogP contribution >= 0.6 is 0 Å². The van der Waals surface area contributed by atoms with Crippen molar-refractivity contribution in [1.29, 1.82) is 0 Å². The van der Waals surface area contributed by atoms with Gasteiger partial charge in [0, 0.05) is 37.8 Å². The zero-order valence-electron chi connectivity index (χ0n) is 16.1. The molecule has 2 aromatic carbocycles. The lowest BCUT2D eigenvalue weighted by Crippen LogP contribution is -2.49. The summed E-state index contributed by atoms with van der Waals surface area (Å²) in [5.74, 6) is -0.254. The zero-order chi connectivity index (χ0) is 19.4. The average Bonchev–Trinajstić information content (AvgIpc) is 3.58. The summed E-state index contributed by atoms with van der Waals surface area (Å²) in [4.78, 5) is 14.9. The minimum atomic E-state index is -0.254. The molecule has 1 saturated heterocycles. The van der Waals surface area contributed by atoms with Crippen LogP contribution in [0.1, 0.15) is 36.8 Å². The molecular weight excluding hydrogens is 355 g/mol. The molecule has 0 unspecified atom stereocenters. The van der Waals surface area contributed by atoms with E-state index in [0.29, 0.717) is 26.3 Å². The molecule has 4 nitrogen and oxygen atoms in total. The van der Waals surface area contributed by atoms with Gasteiger partial charge in [0.05, 0.1) is 0 Å². The highest BCUT2D eigenvalue weighted by atomic mass is 19.1. The molecule has 1 N–H and O–H groups in total. The second-order valence-corrected chi connectivity index (χ2v) is 7.90. The van der Waals surface area contributed by atoms with E-state index in [1.54, 1.807) is 12.1 Å². The Morgan fingerprint density at radius 3 is 2.39 bits per heavy atom. The van der Waals surface area contributed by atoms with Crippen LogP contribution in [0.3, 0.4) is 0 Å². The van der Waals surface area contributed by atoms with Gasteiger partial charge in [-0.3, -0.25) is 0 Å². The molecule has 1 aliphatic carbocycles. The molecule has 4 rings (SSSR count). The molecule has 2 fully saturated rings. The summed E-state index contributed by atoms with van der Waals surface area (Å²) in [5, 5.41) is 3.20. The monoisotopic (exact) mass is 382 g/mol. The smallest absolute Gasteiger partial charge is 0.317 e. The third-order valence-electron chi connectivity index (χ3n) is 5.93. The molecular formula is C23H27FN2O2. The fraction of sp³-hybridized carbons (Fsp3) is 0.435. The number of hydrogen-bond donors (Lipinski definition) is 1. The van der Waals surface area contributed by atoms with E-state index in [1.165, 1.54) is 17.7 Å². The number of carbonyl (C=O) groups is 1. The molecule has 0 aromatic heterocycles. The Labute approximate surface area is 165 Å². The molecule has 2 amide bonds. The van der Waals surface area contributed by atoms with Gasteiger partial charge in [-0.1, -0.05) is 42.5 Å². The van der Waals surface area contributed by atoms with Crippen molar-refractivity contribution in [2.24, 2.45) is 0 Å². The van der Waals surface area contributed by atoms with Crippen molar-refractivity contribution < 1.29 is 13.9 Å². The molecule has 0 bridgehead atoms. The number of nitrogens with one attached hydrogen (secondary N) is 1. The Morgan fingerprint density at radius 2 is 1.75 bits per heavy atom. The summed E-state index contributed by atoms with van der Waals surface area (Å²) >= 11 is 0. The van der Waals surface area contributed by atoms with Gasteiger partial charge in [-0.15, -0.1) is 0 Å². The van der Waals surface area contributed by atoms with E-state index >= 15 is 0 Å². The van der Waals surface area contributed by atoms with E-state index in [4.69, 9.17) is 4.74 Å². The van der Waals surface area contributed by atoms with Crippen molar-refractivity contribution in [3.8, 4) is 0 Å².